The summed E-state index contributed by atoms with van der Waals surface area (Å²) >= 11 is 0. The van der Waals surface area contributed by atoms with Gasteiger partial charge in [-0.2, -0.15) is 0 Å². The number of rotatable bonds is 4. The van der Waals surface area contributed by atoms with Gasteiger partial charge in [0.05, 0.1) is 0 Å². The highest BCUT2D eigenvalue weighted by Gasteiger charge is 2.18. The number of pyridine rings is 1. The largest absolute Gasteiger partial charge is 0.473 e. The standard InChI is InChI=1S/C17H19N3O2/c21-17(20-10-8-18-9-11-20)15-6-7-19-16(12-15)22-13-14-4-2-1-3-5-14/h1-7,12,18H,8-11,13H2. The molecular weight excluding hydrogens is 278 g/mol. The Morgan fingerprint density at radius 2 is 1.95 bits per heavy atom. The quantitative estimate of drug-likeness (QED) is 0.933. The summed E-state index contributed by atoms with van der Waals surface area (Å²) < 4.78 is 5.68. The molecule has 3 rings (SSSR count). The van der Waals surface area contributed by atoms with Crippen molar-refractivity contribution in [3.05, 3.63) is 59.8 Å². The fourth-order valence-electron chi connectivity index (χ4n) is 2.40. The van der Waals surface area contributed by atoms with Gasteiger partial charge in [0.25, 0.3) is 5.91 Å². The molecule has 0 saturated carbocycles. The number of amides is 1. The van der Waals surface area contributed by atoms with E-state index in [1.54, 1.807) is 18.3 Å². The van der Waals surface area contributed by atoms with Crippen LogP contribution in [0.4, 0.5) is 0 Å². The second-order valence-electron chi connectivity index (χ2n) is 5.20. The molecule has 0 bridgehead atoms. The van der Waals surface area contributed by atoms with E-state index in [2.05, 4.69) is 10.3 Å². The minimum atomic E-state index is 0.0356. The summed E-state index contributed by atoms with van der Waals surface area (Å²) in [5.41, 5.74) is 1.70. The van der Waals surface area contributed by atoms with Crippen molar-refractivity contribution in [2.45, 2.75) is 6.61 Å². The van der Waals surface area contributed by atoms with Crippen LogP contribution in [0.2, 0.25) is 0 Å². The van der Waals surface area contributed by atoms with Crippen molar-refractivity contribution in [1.29, 1.82) is 0 Å². The van der Waals surface area contributed by atoms with Gasteiger partial charge in [-0.1, -0.05) is 30.3 Å². The van der Waals surface area contributed by atoms with E-state index in [1.165, 1.54) is 0 Å². The van der Waals surface area contributed by atoms with Gasteiger partial charge in [-0.25, -0.2) is 4.98 Å². The number of nitrogens with zero attached hydrogens (tertiary/aromatic N) is 2. The van der Waals surface area contributed by atoms with Gasteiger partial charge in [0.2, 0.25) is 5.88 Å². The molecule has 1 aliphatic rings. The molecule has 1 aromatic carbocycles. The van der Waals surface area contributed by atoms with E-state index in [1.807, 2.05) is 35.2 Å². The number of nitrogens with one attached hydrogen (secondary N) is 1. The van der Waals surface area contributed by atoms with Crippen LogP contribution < -0.4 is 10.1 Å². The van der Waals surface area contributed by atoms with Crippen molar-refractivity contribution in [2.24, 2.45) is 0 Å². The normalized spacial score (nSPS) is 14.6. The fourth-order valence-corrected chi connectivity index (χ4v) is 2.40. The Balaban J connectivity index is 1.65. The topological polar surface area (TPSA) is 54.5 Å². The molecule has 0 aliphatic carbocycles. The maximum Gasteiger partial charge on any atom is 0.254 e. The molecular formula is C17H19N3O2. The molecule has 0 unspecified atom stereocenters. The van der Waals surface area contributed by atoms with Crippen LogP contribution in [0, 0.1) is 0 Å². The molecule has 5 heteroatoms. The summed E-state index contributed by atoms with van der Waals surface area (Å²) in [6.45, 7) is 3.60. The molecule has 1 N–H and O–H groups in total. The number of ether oxygens (including phenoxy) is 1. The number of hydrogen-bond acceptors (Lipinski definition) is 4. The van der Waals surface area contributed by atoms with E-state index in [0.717, 1.165) is 31.7 Å². The summed E-state index contributed by atoms with van der Waals surface area (Å²) in [7, 11) is 0. The molecule has 1 aromatic heterocycles. The number of carbonyl (C=O) groups excluding carboxylic acids is 1. The number of carbonyl (C=O) groups is 1. The molecule has 1 amide bonds. The number of hydrogen-bond donors (Lipinski definition) is 1. The van der Waals surface area contributed by atoms with E-state index in [4.69, 9.17) is 4.74 Å². The van der Waals surface area contributed by atoms with Gasteiger partial charge in [0.1, 0.15) is 6.61 Å². The average Bonchev–Trinajstić information content (AvgIpc) is 2.61. The lowest BCUT2D eigenvalue weighted by Crippen LogP contribution is -2.46. The fraction of sp³-hybridized carbons (Fsp3) is 0.294. The van der Waals surface area contributed by atoms with E-state index in [-0.39, 0.29) is 5.91 Å². The Morgan fingerprint density at radius 1 is 1.18 bits per heavy atom. The second-order valence-corrected chi connectivity index (χ2v) is 5.20. The predicted octanol–water partition coefficient (Wildman–Crippen LogP) is 1.71. The van der Waals surface area contributed by atoms with Crippen LogP contribution in [0.3, 0.4) is 0 Å². The summed E-state index contributed by atoms with van der Waals surface area (Å²) in [5.74, 6) is 0.512. The van der Waals surface area contributed by atoms with Gasteiger partial charge in [-0.15, -0.1) is 0 Å². The molecule has 2 aromatic rings. The summed E-state index contributed by atoms with van der Waals surface area (Å²) in [6.07, 6.45) is 1.62. The Hall–Kier alpha value is -2.40. The lowest BCUT2D eigenvalue weighted by atomic mass is 10.2. The highest BCUT2D eigenvalue weighted by atomic mass is 16.5. The zero-order valence-corrected chi connectivity index (χ0v) is 12.4. The summed E-state index contributed by atoms with van der Waals surface area (Å²) in [6, 6.07) is 13.3. The first-order valence-electron chi connectivity index (χ1n) is 7.46. The molecule has 1 aliphatic heterocycles. The smallest absolute Gasteiger partial charge is 0.254 e. The van der Waals surface area contributed by atoms with Crippen molar-refractivity contribution < 1.29 is 9.53 Å². The first-order valence-corrected chi connectivity index (χ1v) is 7.46. The van der Waals surface area contributed by atoms with Crippen molar-refractivity contribution >= 4 is 5.91 Å². The Labute approximate surface area is 129 Å². The number of aromatic nitrogens is 1. The minimum absolute atomic E-state index is 0.0356. The molecule has 5 nitrogen and oxygen atoms in total. The van der Waals surface area contributed by atoms with E-state index in [9.17, 15) is 4.79 Å². The van der Waals surface area contributed by atoms with Crippen LogP contribution in [0.25, 0.3) is 0 Å². The van der Waals surface area contributed by atoms with Crippen molar-refractivity contribution in [3.8, 4) is 5.88 Å². The maximum atomic E-state index is 12.4. The molecule has 0 atom stereocenters. The van der Waals surface area contributed by atoms with Crippen LogP contribution >= 0.6 is 0 Å². The van der Waals surface area contributed by atoms with Crippen LogP contribution in [0.5, 0.6) is 5.88 Å². The Morgan fingerprint density at radius 3 is 2.73 bits per heavy atom. The third-order valence-electron chi connectivity index (χ3n) is 3.62. The van der Waals surface area contributed by atoms with E-state index >= 15 is 0 Å². The predicted molar refractivity (Wildman–Crippen MR) is 83.8 cm³/mol. The van der Waals surface area contributed by atoms with Gasteiger partial charge < -0.3 is 15.0 Å². The maximum absolute atomic E-state index is 12.4. The summed E-state index contributed by atoms with van der Waals surface area (Å²) in [4.78, 5) is 18.5. The molecule has 1 saturated heterocycles. The Bertz CT molecular complexity index is 625. The number of piperazine rings is 1. The summed E-state index contributed by atoms with van der Waals surface area (Å²) in [5, 5.41) is 3.24. The molecule has 0 spiro atoms. The van der Waals surface area contributed by atoms with Crippen molar-refractivity contribution in [1.82, 2.24) is 15.2 Å². The SMILES string of the molecule is O=C(c1ccnc(OCc2ccccc2)c1)N1CCNCC1. The molecule has 0 radical (unpaired) electrons. The lowest BCUT2D eigenvalue weighted by Gasteiger charge is -2.27. The molecule has 114 valence electrons. The number of benzene rings is 1. The van der Waals surface area contributed by atoms with E-state index < -0.39 is 0 Å². The van der Waals surface area contributed by atoms with Crippen LogP contribution in [-0.4, -0.2) is 42.0 Å². The van der Waals surface area contributed by atoms with Crippen LogP contribution in [0.1, 0.15) is 15.9 Å². The first kappa shape index (κ1) is 14.5. The highest BCUT2D eigenvalue weighted by molar-refractivity contribution is 5.94. The monoisotopic (exact) mass is 297 g/mol. The third kappa shape index (κ3) is 3.62. The molecule has 2 heterocycles. The molecule has 22 heavy (non-hydrogen) atoms. The van der Waals surface area contributed by atoms with Gasteiger partial charge in [0, 0.05) is 44.0 Å². The minimum Gasteiger partial charge on any atom is -0.473 e. The van der Waals surface area contributed by atoms with Gasteiger partial charge in [-0.3, -0.25) is 4.79 Å². The van der Waals surface area contributed by atoms with Crippen molar-refractivity contribution in [2.75, 3.05) is 26.2 Å². The zero-order valence-electron chi connectivity index (χ0n) is 12.4. The first-order chi connectivity index (χ1) is 10.8. The van der Waals surface area contributed by atoms with Gasteiger partial charge >= 0.3 is 0 Å². The zero-order chi connectivity index (χ0) is 15.2. The highest BCUT2D eigenvalue weighted by Crippen LogP contribution is 2.14. The average molecular weight is 297 g/mol. The van der Waals surface area contributed by atoms with Gasteiger partial charge in [-0.05, 0) is 11.6 Å². The second kappa shape index (κ2) is 7.04. The molecule has 1 fully saturated rings. The van der Waals surface area contributed by atoms with Crippen LogP contribution in [-0.2, 0) is 6.61 Å². The third-order valence-corrected chi connectivity index (χ3v) is 3.62. The van der Waals surface area contributed by atoms with E-state index in [0.29, 0.717) is 18.1 Å². The Kier molecular flexibility index (Phi) is 4.65. The van der Waals surface area contributed by atoms with Crippen molar-refractivity contribution in [3.63, 3.8) is 0 Å². The lowest BCUT2D eigenvalue weighted by molar-refractivity contribution is 0.0735. The van der Waals surface area contributed by atoms with Crippen LogP contribution in [0.15, 0.2) is 48.7 Å². The van der Waals surface area contributed by atoms with Gasteiger partial charge in [0.15, 0.2) is 0 Å².